The van der Waals surface area contributed by atoms with Gasteiger partial charge in [0, 0.05) is 21.2 Å². The molecule has 0 fully saturated rings. The number of allylic oxidation sites excluding steroid dienone is 2. The molecule has 1 aliphatic rings. The molecule has 1 aliphatic carbocycles. The largest absolute Gasteiger partial charge is 0.496 e. The number of carbonyl (C=O) groups excluding carboxylic acids is 1. The van der Waals surface area contributed by atoms with Gasteiger partial charge in [-0.2, -0.15) is 0 Å². The molecule has 0 bridgehead atoms. The number of methoxy groups -OCH3 is 2. The molecule has 106 valence electrons. The number of esters is 1. The summed E-state index contributed by atoms with van der Waals surface area (Å²) < 4.78 is 10.9. The van der Waals surface area contributed by atoms with Gasteiger partial charge in [-0.3, -0.25) is 0 Å². The Hall–Kier alpha value is -1.62. The maximum Gasteiger partial charge on any atom is 0.356 e. The van der Waals surface area contributed by atoms with Gasteiger partial charge in [0.05, 0.1) is 19.6 Å². The SMILES string of the molecule is COC(=O)c1cc(OC)c2c(n1)=C(Br)C=CC(C)(C)C=2. The number of ether oxygens (including phenoxy) is 2. The second-order valence-corrected chi connectivity index (χ2v) is 5.96. The van der Waals surface area contributed by atoms with Crippen LogP contribution < -0.4 is 15.3 Å². The number of fused-ring (bicyclic) bond motifs is 1. The summed E-state index contributed by atoms with van der Waals surface area (Å²) in [6.45, 7) is 4.18. The molecule has 0 aliphatic heterocycles. The standard InChI is InChI=1S/C15H16BrNO3/c1-15(2)6-5-10(16)13-9(8-15)12(19-3)7-11(17-13)14(18)20-4/h5-8H,1-4H3. The third-order valence-corrected chi connectivity index (χ3v) is 3.68. The van der Waals surface area contributed by atoms with Gasteiger partial charge < -0.3 is 9.47 Å². The Labute approximate surface area is 125 Å². The molecule has 0 amide bonds. The highest BCUT2D eigenvalue weighted by atomic mass is 79.9. The molecule has 0 N–H and O–H groups in total. The molecule has 1 heterocycles. The first-order chi connectivity index (χ1) is 9.38. The molecule has 4 nitrogen and oxygen atoms in total. The Kier molecular flexibility index (Phi) is 3.99. The van der Waals surface area contributed by atoms with Crippen molar-refractivity contribution in [1.29, 1.82) is 0 Å². The van der Waals surface area contributed by atoms with E-state index in [9.17, 15) is 4.79 Å². The lowest BCUT2D eigenvalue weighted by molar-refractivity contribution is 0.0593. The lowest BCUT2D eigenvalue weighted by Crippen LogP contribution is -2.33. The average molecular weight is 338 g/mol. The molecule has 1 aromatic heterocycles. The van der Waals surface area contributed by atoms with Crippen LogP contribution in [0.2, 0.25) is 0 Å². The number of aromatic nitrogens is 1. The fraction of sp³-hybridized carbons (Fsp3) is 0.333. The fourth-order valence-electron chi connectivity index (χ4n) is 2.02. The van der Waals surface area contributed by atoms with Crippen molar-refractivity contribution in [3.05, 3.63) is 34.5 Å². The number of pyridine rings is 1. The van der Waals surface area contributed by atoms with E-state index in [0.29, 0.717) is 11.1 Å². The van der Waals surface area contributed by atoms with E-state index in [-0.39, 0.29) is 11.1 Å². The summed E-state index contributed by atoms with van der Waals surface area (Å²) in [5, 5.41) is 1.54. The van der Waals surface area contributed by atoms with Crippen LogP contribution in [0.4, 0.5) is 0 Å². The van der Waals surface area contributed by atoms with E-state index in [1.807, 2.05) is 6.08 Å². The topological polar surface area (TPSA) is 48.4 Å². The van der Waals surface area contributed by atoms with Crippen LogP contribution in [0, 0.1) is 5.41 Å². The minimum atomic E-state index is -0.487. The predicted molar refractivity (Wildman–Crippen MR) is 81.1 cm³/mol. The van der Waals surface area contributed by atoms with Crippen molar-refractivity contribution in [2.24, 2.45) is 5.41 Å². The molecule has 1 aromatic rings. The first-order valence-electron chi connectivity index (χ1n) is 6.13. The van der Waals surface area contributed by atoms with Crippen LogP contribution in [-0.4, -0.2) is 25.2 Å². The second kappa shape index (κ2) is 5.40. The molecule has 0 unspecified atom stereocenters. The molecule has 2 rings (SSSR count). The Morgan fingerprint density at radius 1 is 1.35 bits per heavy atom. The van der Waals surface area contributed by atoms with Gasteiger partial charge in [0.15, 0.2) is 5.69 Å². The Balaban J connectivity index is 2.88. The zero-order valence-electron chi connectivity index (χ0n) is 11.9. The van der Waals surface area contributed by atoms with Crippen LogP contribution in [0.1, 0.15) is 24.3 Å². The highest BCUT2D eigenvalue weighted by Gasteiger charge is 2.18. The zero-order valence-corrected chi connectivity index (χ0v) is 13.4. The molecule has 5 heteroatoms. The zero-order chi connectivity index (χ0) is 14.9. The van der Waals surface area contributed by atoms with Gasteiger partial charge in [0.2, 0.25) is 0 Å². The van der Waals surface area contributed by atoms with E-state index in [4.69, 9.17) is 9.47 Å². The van der Waals surface area contributed by atoms with Gasteiger partial charge in [-0.1, -0.05) is 26.0 Å². The monoisotopic (exact) mass is 337 g/mol. The normalized spacial score (nSPS) is 15.9. The van der Waals surface area contributed by atoms with Crippen LogP contribution in [0.15, 0.2) is 18.2 Å². The minimum absolute atomic E-state index is 0.133. The summed E-state index contributed by atoms with van der Waals surface area (Å²) in [7, 11) is 2.90. The maximum atomic E-state index is 11.7. The van der Waals surface area contributed by atoms with Gasteiger partial charge >= 0.3 is 5.97 Å². The number of hydrogen-bond acceptors (Lipinski definition) is 4. The maximum absolute atomic E-state index is 11.7. The van der Waals surface area contributed by atoms with Crippen LogP contribution in [0.5, 0.6) is 5.75 Å². The van der Waals surface area contributed by atoms with E-state index in [1.165, 1.54) is 7.11 Å². The predicted octanol–water partition coefficient (Wildman–Crippen LogP) is 1.76. The van der Waals surface area contributed by atoms with Crippen molar-refractivity contribution in [3.8, 4) is 5.75 Å². The third kappa shape index (κ3) is 2.77. The van der Waals surface area contributed by atoms with Crippen LogP contribution in [-0.2, 0) is 4.74 Å². The molecule has 0 saturated carbocycles. The molecule has 20 heavy (non-hydrogen) atoms. The number of halogens is 1. The molecule has 0 saturated heterocycles. The summed E-state index contributed by atoms with van der Waals surface area (Å²) in [6, 6.07) is 1.60. The van der Waals surface area contributed by atoms with Crippen LogP contribution >= 0.6 is 15.9 Å². The summed E-state index contributed by atoms with van der Waals surface area (Å²) in [4.78, 5) is 16.1. The smallest absolute Gasteiger partial charge is 0.356 e. The van der Waals surface area contributed by atoms with Gasteiger partial charge in [-0.15, -0.1) is 0 Å². The van der Waals surface area contributed by atoms with Gasteiger partial charge in [-0.05, 0) is 22.0 Å². The first-order valence-corrected chi connectivity index (χ1v) is 6.92. The first kappa shape index (κ1) is 14.8. The molecule has 0 spiro atoms. The van der Waals surface area contributed by atoms with E-state index < -0.39 is 5.97 Å². The quantitative estimate of drug-likeness (QED) is 0.771. The molecular formula is C15H16BrNO3. The second-order valence-electron chi connectivity index (χ2n) is 5.11. The van der Waals surface area contributed by atoms with Crippen molar-refractivity contribution < 1.29 is 14.3 Å². The van der Waals surface area contributed by atoms with E-state index >= 15 is 0 Å². The number of hydrogen-bond donors (Lipinski definition) is 0. The van der Waals surface area contributed by atoms with Gasteiger partial charge in [0.25, 0.3) is 0 Å². The highest BCUT2D eigenvalue weighted by Crippen LogP contribution is 2.23. The number of rotatable bonds is 2. The molecule has 0 radical (unpaired) electrons. The van der Waals surface area contributed by atoms with E-state index in [0.717, 1.165) is 9.70 Å². The summed E-state index contributed by atoms with van der Waals surface area (Å²) in [5.74, 6) is 0.114. The molecule has 0 atom stereocenters. The van der Waals surface area contributed by atoms with Gasteiger partial charge in [0.1, 0.15) is 5.75 Å². The van der Waals surface area contributed by atoms with Crippen molar-refractivity contribution in [2.45, 2.75) is 13.8 Å². The van der Waals surface area contributed by atoms with Crippen LogP contribution in [0.3, 0.4) is 0 Å². The summed E-state index contributed by atoms with van der Waals surface area (Å²) in [6.07, 6.45) is 6.08. The molecular weight excluding hydrogens is 322 g/mol. The van der Waals surface area contributed by atoms with Crippen molar-refractivity contribution in [1.82, 2.24) is 4.98 Å². The fourth-order valence-corrected chi connectivity index (χ4v) is 2.45. The van der Waals surface area contributed by atoms with Crippen molar-refractivity contribution in [3.63, 3.8) is 0 Å². The Bertz CT molecular complexity index is 705. The van der Waals surface area contributed by atoms with E-state index in [2.05, 4.69) is 46.9 Å². The summed E-state index contributed by atoms with van der Waals surface area (Å²) >= 11 is 3.50. The average Bonchev–Trinajstić information content (AvgIpc) is 2.54. The Morgan fingerprint density at radius 3 is 2.65 bits per heavy atom. The van der Waals surface area contributed by atoms with Crippen molar-refractivity contribution in [2.75, 3.05) is 14.2 Å². The van der Waals surface area contributed by atoms with E-state index in [1.54, 1.807) is 13.2 Å². The number of carbonyl (C=O) groups is 1. The lowest BCUT2D eigenvalue weighted by Gasteiger charge is -2.13. The number of nitrogens with zero attached hydrogens (tertiary/aromatic N) is 1. The van der Waals surface area contributed by atoms with Gasteiger partial charge in [-0.25, -0.2) is 9.78 Å². The minimum Gasteiger partial charge on any atom is -0.496 e. The van der Waals surface area contributed by atoms with Crippen molar-refractivity contribution >= 4 is 32.5 Å². The highest BCUT2D eigenvalue weighted by molar-refractivity contribution is 9.15. The molecule has 0 aromatic carbocycles. The van der Waals surface area contributed by atoms with Crippen LogP contribution in [0.25, 0.3) is 10.6 Å². The summed E-state index contributed by atoms with van der Waals surface area (Å²) in [5.41, 5.74) is 0.0907. The Morgan fingerprint density at radius 2 is 2.05 bits per heavy atom. The third-order valence-electron chi connectivity index (χ3n) is 3.04. The lowest BCUT2D eigenvalue weighted by atomic mass is 9.92.